The van der Waals surface area contributed by atoms with Crippen molar-refractivity contribution in [2.45, 2.75) is 46.5 Å². The first-order valence-electron chi connectivity index (χ1n) is 7.07. The number of hydrogen-bond acceptors (Lipinski definition) is 2. The van der Waals surface area contributed by atoms with Crippen LogP contribution in [0.15, 0.2) is 24.3 Å². The van der Waals surface area contributed by atoms with E-state index in [4.69, 9.17) is 8.85 Å². The molecule has 1 rings (SSSR count). The zero-order valence-corrected chi connectivity index (χ0v) is 13.1. The molecule has 102 valence electrons. The predicted octanol–water partition coefficient (Wildman–Crippen LogP) is 3.06. The van der Waals surface area contributed by atoms with Gasteiger partial charge >= 0.3 is 9.28 Å². The maximum absolute atomic E-state index is 5.97. The van der Waals surface area contributed by atoms with Crippen LogP contribution in [0, 0.1) is 6.92 Å². The number of benzene rings is 1. The normalized spacial score (nSPS) is 11.1. The summed E-state index contributed by atoms with van der Waals surface area (Å²) in [5.74, 6) is 0. The minimum absolute atomic E-state index is 0.827. The lowest BCUT2D eigenvalue weighted by atomic mass is 10.2. The molecule has 0 heterocycles. The van der Waals surface area contributed by atoms with Crippen molar-refractivity contribution >= 4 is 14.5 Å². The van der Waals surface area contributed by atoms with Gasteiger partial charge in [0, 0.05) is 13.2 Å². The van der Waals surface area contributed by atoms with Crippen LogP contribution in [0.2, 0.25) is 0 Å². The molecule has 2 nitrogen and oxygen atoms in total. The van der Waals surface area contributed by atoms with Crippen molar-refractivity contribution in [3.05, 3.63) is 29.8 Å². The van der Waals surface area contributed by atoms with Gasteiger partial charge in [0.2, 0.25) is 0 Å². The molecule has 0 bridgehead atoms. The van der Waals surface area contributed by atoms with E-state index in [1.165, 1.54) is 23.6 Å². The molecular formula is C15H26O2Si. The fourth-order valence-corrected chi connectivity index (χ4v) is 3.38. The Bertz CT molecular complexity index is 301. The molecule has 0 aromatic heterocycles. The van der Waals surface area contributed by atoms with Crippen LogP contribution in [0.25, 0.3) is 0 Å². The largest absolute Gasteiger partial charge is 0.393 e. The number of hydrogen-bond donors (Lipinski definition) is 0. The predicted molar refractivity (Wildman–Crippen MR) is 79.7 cm³/mol. The Morgan fingerprint density at radius 3 is 1.83 bits per heavy atom. The molecule has 1 aromatic carbocycles. The second-order valence-electron chi connectivity index (χ2n) is 4.69. The van der Waals surface area contributed by atoms with E-state index in [0.717, 1.165) is 26.1 Å². The van der Waals surface area contributed by atoms with Gasteiger partial charge in [-0.1, -0.05) is 56.5 Å². The van der Waals surface area contributed by atoms with Gasteiger partial charge < -0.3 is 8.85 Å². The maximum atomic E-state index is 5.97. The Kier molecular flexibility index (Phi) is 7.97. The summed E-state index contributed by atoms with van der Waals surface area (Å²) >= 11 is 0. The van der Waals surface area contributed by atoms with Crippen LogP contribution in [-0.4, -0.2) is 22.5 Å². The minimum Gasteiger partial charge on any atom is -0.393 e. The Balaban J connectivity index is 2.54. The molecule has 0 saturated heterocycles. The Hall–Kier alpha value is -0.643. The lowest BCUT2D eigenvalue weighted by Gasteiger charge is -2.17. The van der Waals surface area contributed by atoms with E-state index in [9.17, 15) is 0 Å². The summed E-state index contributed by atoms with van der Waals surface area (Å²) in [6.45, 7) is 8.13. The van der Waals surface area contributed by atoms with E-state index < -0.39 is 9.28 Å². The molecule has 0 spiro atoms. The number of unbranched alkanes of at least 4 members (excludes halogenated alkanes) is 2. The number of aryl methyl sites for hydroxylation is 1. The van der Waals surface area contributed by atoms with Gasteiger partial charge in [-0.25, -0.2) is 0 Å². The maximum Gasteiger partial charge on any atom is 0.355 e. The first-order chi connectivity index (χ1) is 8.77. The van der Waals surface area contributed by atoms with Crippen LogP contribution in [0.5, 0.6) is 0 Å². The summed E-state index contributed by atoms with van der Waals surface area (Å²) in [4.78, 5) is 0. The van der Waals surface area contributed by atoms with E-state index in [-0.39, 0.29) is 0 Å². The molecular weight excluding hydrogens is 240 g/mol. The van der Waals surface area contributed by atoms with Crippen molar-refractivity contribution in [1.82, 2.24) is 0 Å². The smallest absolute Gasteiger partial charge is 0.355 e. The third-order valence-electron chi connectivity index (χ3n) is 2.88. The first-order valence-corrected chi connectivity index (χ1v) is 8.59. The van der Waals surface area contributed by atoms with Gasteiger partial charge in [-0.2, -0.15) is 0 Å². The zero-order valence-electron chi connectivity index (χ0n) is 11.9. The van der Waals surface area contributed by atoms with Crippen LogP contribution in [0.4, 0.5) is 0 Å². The molecule has 0 aliphatic heterocycles. The quantitative estimate of drug-likeness (QED) is 0.505. The average Bonchev–Trinajstić information content (AvgIpc) is 2.38. The van der Waals surface area contributed by atoms with Crippen LogP contribution in [-0.2, 0) is 8.85 Å². The molecule has 0 saturated carbocycles. The average molecular weight is 266 g/mol. The van der Waals surface area contributed by atoms with Gasteiger partial charge in [-0.15, -0.1) is 0 Å². The van der Waals surface area contributed by atoms with Gasteiger partial charge in [0.25, 0.3) is 0 Å². The van der Waals surface area contributed by atoms with Crippen LogP contribution in [0.3, 0.4) is 0 Å². The van der Waals surface area contributed by atoms with Crippen molar-refractivity contribution in [2.24, 2.45) is 0 Å². The summed E-state index contributed by atoms with van der Waals surface area (Å²) in [5, 5.41) is 1.26. The fourth-order valence-electron chi connectivity index (χ4n) is 1.63. The summed E-state index contributed by atoms with van der Waals surface area (Å²) in [6.07, 6.45) is 4.58. The van der Waals surface area contributed by atoms with Gasteiger partial charge in [0.1, 0.15) is 0 Å². The fraction of sp³-hybridized carbons (Fsp3) is 0.600. The second-order valence-corrected chi connectivity index (χ2v) is 6.69. The molecule has 0 fully saturated rings. The lowest BCUT2D eigenvalue weighted by molar-refractivity contribution is 0.202. The first kappa shape index (κ1) is 15.4. The molecule has 0 aliphatic rings. The number of rotatable bonds is 9. The Morgan fingerprint density at radius 1 is 0.889 bits per heavy atom. The highest BCUT2D eigenvalue weighted by atomic mass is 28.3. The summed E-state index contributed by atoms with van der Waals surface area (Å²) in [7, 11) is -1.68. The molecule has 0 amide bonds. The summed E-state index contributed by atoms with van der Waals surface area (Å²) < 4.78 is 11.9. The standard InChI is InChI=1S/C15H26O2Si/c1-4-6-12-16-18(17-13-7-5-2)15-10-8-14(3)9-11-15/h8-11,18H,4-7,12-13H2,1-3H3. The highest BCUT2D eigenvalue weighted by Crippen LogP contribution is 2.01. The van der Waals surface area contributed by atoms with Crippen molar-refractivity contribution in [2.75, 3.05) is 13.2 Å². The van der Waals surface area contributed by atoms with Gasteiger partial charge in [-0.3, -0.25) is 0 Å². The minimum atomic E-state index is -1.68. The van der Waals surface area contributed by atoms with E-state index in [2.05, 4.69) is 45.0 Å². The van der Waals surface area contributed by atoms with Gasteiger partial charge in [-0.05, 0) is 25.0 Å². The molecule has 0 unspecified atom stereocenters. The van der Waals surface area contributed by atoms with E-state index in [1.54, 1.807) is 0 Å². The van der Waals surface area contributed by atoms with Gasteiger partial charge in [0.15, 0.2) is 0 Å². The molecule has 1 aromatic rings. The third kappa shape index (κ3) is 5.80. The van der Waals surface area contributed by atoms with Crippen molar-refractivity contribution in [3.8, 4) is 0 Å². The third-order valence-corrected chi connectivity index (χ3v) is 4.89. The topological polar surface area (TPSA) is 18.5 Å². The summed E-state index contributed by atoms with van der Waals surface area (Å²) in [6, 6.07) is 8.59. The van der Waals surface area contributed by atoms with Crippen LogP contribution < -0.4 is 5.19 Å². The van der Waals surface area contributed by atoms with Gasteiger partial charge in [0.05, 0.1) is 0 Å². The zero-order chi connectivity index (χ0) is 13.2. The molecule has 0 atom stereocenters. The van der Waals surface area contributed by atoms with Crippen molar-refractivity contribution in [3.63, 3.8) is 0 Å². The molecule has 0 N–H and O–H groups in total. The highest BCUT2D eigenvalue weighted by Gasteiger charge is 2.15. The molecule has 0 aliphatic carbocycles. The lowest BCUT2D eigenvalue weighted by Crippen LogP contribution is -2.37. The SMILES string of the molecule is CCCCO[SiH](OCCCC)c1ccc(C)cc1. The van der Waals surface area contributed by atoms with E-state index >= 15 is 0 Å². The van der Waals surface area contributed by atoms with E-state index in [0.29, 0.717) is 0 Å². The van der Waals surface area contributed by atoms with E-state index in [1.807, 2.05) is 0 Å². The van der Waals surface area contributed by atoms with Crippen LogP contribution >= 0.6 is 0 Å². The highest BCUT2D eigenvalue weighted by molar-refractivity contribution is 6.61. The van der Waals surface area contributed by atoms with Crippen molar-refractivity contribution in [1.29, 1.82) is 0 Å². The molecule has 0 radical (unpaired) electrons. The molecule has 18 heavy (non-hydrogen) atoms. The molecule has 3 heteroatoms. The summed E-state index contributed by atoms with van der Waals surface area (Å²) in [5.41, 5.74) is 1.29. The Morgan fingerprint density at radius 2 is 1.39 bits per heavy atom. The second kappa shape index (κ2) is 9.31. The Labute approximate surface area is 113 Å². The monoisotopic (exact) mass is 266 g/mol. The van der Waals surface area contributed by atoms with Crippen LogP contribution in [0.1, 0.15) is 45.1 Å². The van der Waals surface area contributed by atoms with Crippen molar-refractivity contribution < 1.29 is 8.85 Å².